The molecule has 3 aromatic heterocycles. The lowest BCUT2D eigenvalue weighted by Gasteiger charge is -2.05. The minimum Gasteiger partial charge on any atom is -0.345 e. The van der Waals surface area contributed by atoms with Crippen LogP contribution in [0.2, 0.25) is 0 Å². The third-order valence-electron chi connectivity index (χ3n) is 3.52. The number of carbonyl (C=O) groups is 1. The summed E-state index contributed by atoms with van der Waals surface area (Å²) in [4.78, 5) is 19.5. The number of nitrogens with one attached hydrogen (secondary N) is 2. The van der Waals surface area contributed by atoms with Crippen LogP contribution >= 0.6 is 0 Å². The number of benzene rings is 1. The van der Waals surface area contributed by atoms with E-state index in [-0.39, 0.29) is 5.91 Å². The van der Waals surface area contributed by atoms with Crippen LogP contribution in [-0.2, 0) is 0 Å². The minimum atomic E-state index is -0.193. The fourth-order valence-corrected chi connectivity index (χ4v) is 2.37. The van der Waals surface area contributed by atoms with Crippen molar-refractivity contribution >= 4 is 28.3 Å². The number of amides is 1. The van der Waals surface area contributed by atoms with E-state index in [1.165, 1.54) is 0 Å². The van der Waals surface area contributed by atoms with Crippen molar-refractivity contribution in [2.24, 2.45) is 0 Å². The number of hydrogen-bond acceptors (Lipinski definition) is 4. The molecular weight excluding hydrogens is 280 g/mol. The SMILES string of the molecule is Cc1nnc2cc(C(=O)Nc3ccc4nc[nH]c4c3)ccn12. The van der Waals surface area contributed by atoms with Gasteiger partial charge in [0.2, 0.25) is 0 Å². The zero-order valence-electron chi connectivity index (χ0n) is 11.7. The monoisotopic (exact) mass is 292 g/mol. The Labute approximate surface area is 125 Å². The number of pyridine rings is 1. The maximum Gasteiger partial charge on any atom is 0.255 e. The molecule has 0 atom stereocenters. The summed E-state index contributed by atoms with van der Waals surface area (Å²) in [7, 11) is 0. The van der Waals surface area contributed by atoms with Crippen LogP contribution in [0.4, 0.5) is 5.69 Å². The highest BCUT2D eigenvalue weighted by Crippen LogP contribution is 2.17. The van der Waals surface area contributed by atoms with E-state index in [0.29, 0.717) is 16.9 Å². The first-order valence-corrected chi connectivity index (χ1v) is 6.76. The molecule has 0 aliphatic heterocycles. The molecule has 0 spiro atoms. The quantitative estimate of drug-likeness (QED) is 0.592. The average molecular weight is 292 g/mol. The van der Waals surface area contributed by atoms with Crippen LogP contribution in [0, 0.1) is 6.92 Å². The van der Waals surface area contributed by atoms with E-state index in [0.717, 1.165) is 16.9 Å². The van der Waals surface area contributed by atoms with E-state index >= 15 is 0 Å². The molecule has 108 valence electrons. The van der Waals surface area contributed by atoms with Gasteiger partial charge in [-0.15, -0.1) is 10.2 Å². The number of aromatic nitrogens is 5. The number of H-pyrrole nitrogens is 1. The van der Waals surface area contributed by atoms with E-state index in [1.54, 1.807) is 24.7 Å². The number of fused-ring (bicyclic) bond motifs is 2. The molecule has 0 unspecified atom stereocenters. The highest BCUT2D eigenvalue weighted by molar-refractivity contribution is 6.05. The average Bonchev–Trinajstić information content (AvgIpc) is 3.13. The number of imidazole rings is 1. The third-order valence-corrected chi connectivity index (χ3v) is 3.52. The minimum absolute atomic E-state index is 0.193. The first kappa shape index (κ1) is 12.5. The smallest absolute Gasteiger partial charge is 0.255 e. The second kappa shape index (κ2) is 4.66. The Balaban J connectivity index is 1.64. The van der Waals surface area contributed by atoms with E-state index in [1.807, 2.05) is 29.5 Å². The summed E-state index contributed by atoms with van der Waals surface area (Å²) in [5, 5.41) is 10.9. The van der Waals surface area contributed by atoms with Crippen molar-refractivity contribution in [3.63, 3.8) is 0 Å². The Morgan fingerprint density at radius 1 is 1.23 bits per heavy atom. The van der Waals surface area contributed by atoms with Crippen molar-refractivity contribution < 1.29 is 4.79 Å². The normalized spacial score (nSPS) is 11.1. The van der Waals surface area contributed by atoms with Gasteiger partial charge in [0.25, 0.3) is 5.91 Å². The molecule has 0 saturated heterocycles. The van der Waals surface area contributed by atoms with Crippen molar-refractivity contribution in [2.45, 2.75) is 6.92 Å². The van der Waals surface area contributed by atoms with Crippen molar-refractivity contribution in [1.82, 2.24) is 24.6 Å². The van der Waals surface area contributed by atoms with E-state index in [2.05, 4.69) is 25.5 Å². The van der Waals surface area contributed by atoms with Gasteiger partial charge in [-0.3, -0.25) is 9.20 Å². The number of anilines is 1. The van der Waals surface area contributed by atoms with Gasteiger partial charge in [-0.1, -0.05) is 0 Å². The van der Waals surface area contributed by atoms with Crippen LogP contribution in [0.15, 0.2) is 42.9 Å². The van der Waals surface area contributed by atoms with Gasteiger partial charge < -0.3 is 10.3 Å². The predicted molar refractivity (Wildman–Crippen MR) is 81.8 cm³/mol. The van der Waals surface area contributed by atoms with Gasteiger partial charge in [0.05, 0.1) is 17.4 Å². The molecule has 0 aliphatic carbocycles. The molecule has 0 saturated carbocycles. The number of hydrogen-bond donors (Lipinski definition) is 2. The second-order valence-electron chi connectivity index (χ2n) is 4.98. The summed E-state index contributed by atoms with van der Waals surface area (Å²) in [5.74, 6) is 0.591. The Bertz CT molecular complexity index is 1000. The molecule has 0 radical (unpaired) electrons. The van der Waals surface area contributed by atoms with Gasteiger partial charge in [-0.25, -0.2) is 4.98 Å². The van der Waals surface area contributed by atoms with Crippen molar-refractivity contribution in [3.8, 4) is 0 Å². The number of aromatic amines is 1. The Morgan fingerprint density at radius 2 is 2.14 bits per heavy atom. The van der Waals surface area contributed by atoms with Crippen LogP contribution < -0.4 is 5.32 Å². The first-order valence-electron chi connectivity index (χ1n) is 6.76. The van der Waals surface area contributed by atoms with Gasteiger partial charge in [0.15, 0.2) is 5.65 Å². The van der Waals surface area contributed by atoms with E-state index in [9.17, 15) is 4.79 Å². The van der Waals surface area contributed by atoms with Crippen LogP contribution in [0.1, 0.15) is 16.2 Å². The summed E-state index contributed by atoms with van der Waals surface area (Å²) in [6.07, 6.45) is 3.41. The molecule has 4 aromatic rings. The lowest BCUT2D eigenvalue weighted by Crippen LogP contribution is -2.12. The van der Waals surface area contributed by atoms with Gasteiger partial charge in [-0.2, -0.15) is 0 Å². The summed E-state index contributed by atoms with van der Waals surface area (Å²) < 4.78 is 1.83. The molecule has 7 nitrogen and oxygen atoms in total. The molecular formula is C15H12N6O. The Kier molecular flexibility index (Phi) is 2.65. The van der Waals surface area contributed by atoms with Crippen molar-refractivity contribution in [1.29, 1.82) is 0 Å². The van der Waals surface area contributed by atoms with Crippen LogP contribution in [0.5, 0.6) is 0 Å². The zero-order chi connectivity index (χ0) is 15.1. The molecule has 0 fully saturated rings. The maximum atomic E-state index is 12.3. The van der Waals surface area contributed by atoms with Crippen LogP contribution in [0.25, 0.3) is 16.7 Å². The maximum absolute atomic E-state index is 12.3. The van der Waals surface area contributed by atoms with Crippen LogP contribution in [0.3, 0.4) is 0 Å². The van der Waals surface area contributed by atoms with Gasteiger partial charge >= 0.3 is 0 Å². The molecule has 2 N–H and O–H groups in total. The standard InChI is InChI=1S/C15H12N6O/c1-9-19-20-14-6-10(4-5-21(9)14)15(22)18-11-2-3-12-13(7-11)17-8-16-12/h2-8H,1H3,(H,16,17)(H,18,22). The van der Waals surface area contributed by atoms with Gasteiger partial charge in [-0.05, 0) is 37.3 Å². The van der Waals surface area contributed by atoms with E-state index < -0.39 is 0 Å². The number of rotatable bonds is 2. The molecule has 1 aromatic carbocycles. The zero-order valence-corrected chi connectivity index (χ0v) is 11.7. The van der Waals surface area contributed by atoms with E-state index in [4.69, 9.17) is 0 Å². The molecule has 7 heteroatoms. The molecule has 0 bridgehead atoms. The fraction of sp³-hybridized carbons (Fsp3) is 0.0667. The van der Waals surface area contributed by atoms with Crippen molar-refractivity contribution in [3.05, 3.63) is 54.2 Å². The molecule has 3 heterocycles. The summed E-state index contributed by atoms with van der Waals surface area (Å²) in [5.41, 5.74) is 3.62. The largest absolute Gasteiger partial charge is 0.345 e. The fourth-order valence-electron chi connectivity index (χ4n) is 2.37. The highest BCUT2D eigenvalue weighted by atomic mass is 16.1. The number of nitrogens with zero attached hydrogens (tertiary/aromatic N) is 4. The highest BCUT2D eigenvalue weighted by Gasteiger charge is 2.09. The first-order chi connectivity index (χ1) is 10.7. The predicted octanol–water partition coefficient (Wildman–Crippen LogP) is 2.17. The molecule has 1 amide bonds. The summed E-state index contributed by atoms with van der Waals surface area (Å²) in [6.45, 7) is 1.86. The summed E-state index contributed by atoms with van der Waals surface area (Å²) in [6, 6.07) is 8.98. The third kappa shape index (κ3) is 1.99. The Hall–Kier alpha value is -3.22. The molecule has 4 rings (SSSR count). The number of carbonyl (C=O) groups excluding carboxylic acids is 1. The van der Waals surface area contributed by atoms with Gasteiger partial charge in [0, 0.05) is 17.4 Å². The molecule has 0 aliphatic rings. The second-order valence-corrected chi connectivity index (χ2v) is 4.98. The van der Waals surface area contributed by atoms with Gasteiger partial charge in [0.1, 0.15) is 5.82 Å². The number of aryl methyl sites for hydroxylation is 1. The topological polar surface area (TPSA) is 88.0 Å². The van der Waals surface area contributed by atoms with Crippen LogP contribution in [-0.4, -0.2) is 30.5 Å². The lowest BCUT2D eigenvalue weighted by atomic mass is 10.2. The molecule has 22 heavy (non-hydrogen) atoms. The lowest BCUT2D eigenvalue weighted by molar-refractivity contribution is 0.102. The Morgan fingerprint density at radius 3 is 3.05 bits per heavy atom. The summed E-state index contributed by atoms with van der Waals surface area (Å²) >= 11 is 0. The van der Waals surface area contributed by atoms with Crippen molar-refractivity contribution in [2.75, 3.05) is 5.32 Å².